The minimum Gasteiger partial charge on any atom is -0.506 e. The molecule has 0 spiro atoms. The van der Waals surface area contributed by atoms with Crippen LogP contribution in [-0.4, -0.2) is 30.0 Å². The number of aryl methyl sites for hydroxylation is 1. The summed E-state index contributed by atoms with van der Waals surface area (Å²) in [7, 11) is 0. The van der Waals surface area contributed by atoms with Gasteiger partial charge in [0.15, 0.2) is 0 Å². The van der Waals surface area contributed by atoms with Crippen molar-refractivity contribution in [1.29, 1.82) is 0 Å². The minimum atomic E-state index is -0.547. The first-order valence-electron chi connectivity index (χ1n) is 9.47. The standard InChI is InChI=1S/C22H17N5O3/c1-2-13-8-10-14(11-9-13)19-24-22(30-26-19)17-18(28)16-12-23-27(20(16)25-21(17)29)15-6-4-3-5-7-15/h3-12H,2H2,1H3,(H2,25,28,29). The fraction of sp³-hybridized carbons (Fsp3) is 0.0909. The molecule has 3 heterocycles. The minimum absolute atomic E-state index is 0.0577. The van der Waals surface area contributed by atoms with Gasteiger partial charge in [0.05, 0.1) is 17.3 Å². The quantitative estimate of drug-likeness (QED) is 0.477. The highest BCUT2D eigenvalue weighted by molar-refractivity contribution is 5.89. The van der Waals surface area contributed by atoms with Crippen molar-refractivity contribution in [2.24, 2.45) is 0 Å². The third kappa shape index (κ3) is 2.86. The van der Waals surface area contributed by atoms with Crippen molar-refractivity contribution in [2.45, 2.75) is 13.3 Å². The number of H-pyrrole nitrogens is 1. The molecule has 0 aliphatic carbocycles. The molecule has 2 N–H and O–H groups in total. The summed E-state index contributed by atoms with van der Waals surface area (Å²) in [5.74, 6) is 0.0247. The molecule has 0 radical (unpaired) electrons. The molecule has 0 amide bonds. The van der Waals surface area contributed by atoms with E-state index in [1.54, 1.807) is 4.68 Å². The van der Waals surface area contributed by atoms with Crippen LogP contribution in [0.4, 0.5) is 0 Å². The van der Waals surface area contributed by atoms with E-state index in [9.17, 15) is 9.90 Å². The van der Waals surface area contributed by atoms with E-state index < -0.39 is 5.56 Å². The normalized spacial score (nSPS) is 11.2. The first kappa shape index (κ1) is 17.9. The monoisotopic (exact) mass is 399 g/mol. The molecule has 0 saturated heterocycles. The molecular formula is C22H17N5O3. The Morgan fingerprint density at radius 2 is 1.87 bits per heavy atom. The van der Waals surface area contributed by atoms with Gasteiger partial charge in [-0.05, 0) is 24.1 Å². The second-order valence-corrected chi connectivity index (χ2v) is 6.81. The van der Waals surface area contributed by atoms with Crippen molar-refractivity contribution in [1.82, 2.24) is 24.9 Å². The van der Waals surface area contributed by atoms with Gasteiger partial charge < -0.3 is 14.6 Å². The lowest BCUT2D eigenvalue weighted by atomic mass is 10.1. The molecule has 0 bridgehead atoms. The lowest BCUT2D eigenvalue weighted by Gasteiger charge is -2.04. The van der Waals surface area contributed by atoms with E-state index in [2.05, 4.69) is 27.1 Å². The highest BCUT2D eigenvalue weighted by Gasteiger charge is 2.22. The van der Waals surface area contributed by atoms with Gasteiger partial charge in [0.1, 0.15) is 17.0 Å². The highest BCUT2D eigenvalue weighted by atomic mass is 16.5. The van der Waals surface area contributed by atoms with Crippen molar-refractivity contribution >= 4 is 11.0 Å². The average Bonchev–Trinajstić information content (AvgIpc) is 3.42. The van der Waals surface area contributed by atoms with Gasteiger partial charge in [0.2, 0.25) is 5.82 Å². The van der Waals surface area contributed by atoms with Gasteiger partial charge in [-0.15, -0.1) is 0 Å². The highest BCUT2D eigenvalue weighted by Crippen LogP contribution is 2.32. The topological polar surface area (TPSA) is 110 Å². The molecule has 8 heteroatoms. The molecule has 30 heavy (non-hydrogen) atoms. The molecule has 8 nitrogen and oxygen atoms in total. The van der Waals surface area contributed by atoms with Crippen LogP contribution in [0.15, 0.2) is 70.1 Å². The smallest absolute Gasteiger partial charge is 0.267 e. The number of aromatic nitrogens is 5. The molecule has 5 aromatic rings. The van der Waals surface area contributed by atoms with Crippen LogP contribution >= 0.6 is 0 Å². The van der Waals surface area contributed by atoms with Crippen molar-refractivity contribution in [3.8, 4) is 34.3 Å². The van der Waals surface area contributed by atoms with E-state index in [-0.39, 0.29) is 17.2 Å². The fourth-order valence-corrected chi connectivity index (χ4v) is 3.35. The molecule has 0 atom stereocenters. The summed E-state index contributed by atoms with van der Waals surface area (Å²) in [4.78, 5) is 19.9. The van der Waals surface area contributed by atoms with Gasteiger partial charge in [0.25, 0.3) is 11.4 Å². The van der Waals surface area contributed by atoms with Crippen LogP contribution in [0, 0.1) is 0 Å². The number of pyridine rings is 1. The summed E-state index contributed by atoms with van der Waals surface area (Å²) >= 11 is 0. The Bertz CT molecular complexity index is 1400. The van der Waals surface area contributed by atoms with Gasteiger partial charge in [-0.2, -0.15) is 10.1 Å². The SMILES string of the molecule is CCc1ccc(-c2noc(-c3c(O)c4cnn(-c5ccccc5)c4[nH]c3=O)n2)cc1. The number of para-hydroxylation sites is 1. The Balaban J connectivity index is 1.60. The summed E-state index contributed by atoms with van der Waals surface area (Å²) in [5, 5.41) is 19.4. The Hall–Kier alpha value is -4.20. The molecule has 0 saturated carbocycles. The van der Waals surface area contributed by atoms with E-state index in [0.717, 1.165) is 17.7 Å². The summed E-state index contributed by atoms with van der Waals surface area (Å²) < 4.78 is 6.85. The van der Waals surface area contributed by atoms with Crippen molar-refractivity contribution < 1.29 is 9.63 Å². The van der Waals surface area contributed by atoms with Gasteiger partial charge in [-0.1, -0.05) is 54.5 Å². The number of hydrogen-bond acceptors (Lipinski definition) is 6. The van der Waals surface area contributed by atoms with Gasteiger partial charge >= 0.3 is 0 Å². The lowest BCUT2D eigenvalue weighted by Crippen LogP contribution is -2.11. The first-order valence-corrected chi connectivity index (χ1v) is 9.47. The maximum Gasteiger partial charge on any atom is 0.267 e. The molecule has 0 unspecified atom stereocenters. The predicted molar refractivity (Wildman–Crippen MR) is 111 cm³/mol. The molecule has 148 valence electrons. The first-order chi connectivity index (χ1) is 14.7. The number of aromatic hydroxyl groups is 1. The zero-order chi connectivity index (χ0) is 20.7. The van der Waals surface area contributed by atoms with Crippen molar-refractivity contribution in [3.05, 3.63) is 76.7 Å². The van der Waals surface area contributed by atoms with Gasteiger partial charge in [-0.3, -0.25) is 4.79 Å². The second-order valence-electron chi connectivity index (χ2n) is 6.81. The van der Waals surface area contributed by atoms with E-state index in [1.165, 1.54) is 11.8 Å². The van der Waals surface area contributed by atoms with E-state index in [1.807, 2.05) is 54.6 Å². The Morgan fingerprint density at radius 1 is 1.10 bits per heavy atom. The van der Waals surface area contributed by atoms with Crippen molar-refractivity contribution in [2.75, 3.05) is 0 Å². The molecule has 2 aromatic carbocycles. The number of aromatic amines is 1. The summed E-state index contributed by atoms with van der Waals surface area (Å²) in [6, 6.07) is 17.1. The Kier molecular flexibility index (Phi) is 4.17. The molecule has 5 rings (SSSR count). The number of benzene rings is 2. The molecule has 0 aliphatic heterocycles. The summed E-state index contributed by atoms with van der Waals surface area (Å²) in [5.41, 5.74) is 2.45. The van der Waals surface area contributed by atoms with E-state index in [0.29, 0.717) is 16.9 Å². The summed E-state index contributed by atoms with van der Waals surface area (Å²) in [6.07, 6.45) is 2.41. The van der Waals surface area contributed by atoms with Crippen LogP contribution in [0.3, 0.4) is 0 Å². The average molecular weight is 399 g/mol. The van der Waals surface area contributed by atoms with Crippen LogP contribution in [-0.2, 0) is 6.42 Å². The van der Waals surface area contributed by atoms with Gasteiger partial charge in [0, 0.05) is 5.56 Å². The fourth-order valence-electron chi connectivity index (χ4n) is 3.35. The zero-order valence-corrected chi connectivity index (χ0v) is 16.0. The van der Waals surface area contributed by atoms with E-state index >= 15 is 0 Å². The van der Waals surface area contributed by atoms with Crippen molar-refractivity contribution in [3.63, 3.8) is 0 Å². The zero-order valence-electron chi connectivity index (χ0n) is 16.0. The molecular weight excluding hydrogens is 382 g/mol. The Morgan fingerprint density at radius 3 is 2.60 bits per heavy atom. The number of hydrogen-bond donors (Lipinski definition) is 2. The Labute approximate surface area is 170 Å². The van der Waals surface area contributed by atoms with Gasteiger partial charge in [-0.25, -0.2) is 4.68 Å². The number of nitrogens with one attached hydrogen (secondary N) is 1. The molecule has 0 aliphatic rings. The lowest BCUT2D eigenvalue weighted by molar-refractivity contribution is 0.426. The predicted octanol–water partition coefficient (Wildman–Crippen LogP) is 3.70. The van der Waals surface area contributed by atoms with E-state index in [4.69, 9.17) is 4.52 Å². The van der Waals surface area contributed by atoms with Crippen LogP contribution in [0.2, 0.25) is 0 Å². The second kappa shape index (κ2) is 7.00. The number of fused-ring (bicyclic) bond motifs is 1. The maximum atomic E-state index is 12.8. The number of nitrogens with zero attached hydrogens (tertiary/aromatic N) is 4. The van der Waals surface area contributed by atoms with Crippen LogP contribution in [0.25, 0.3) is 39.6 Å². The molecule has 0 fully saturated rings. The third-order valence-electron chi connectivity index (χ3n) is 4.98. The molecule has 3 aromatic heterocycles. The summed E-state index contributed by atoms with van der Waals surface area (Å²) in [6.45, 7) is 2.08. The van der Waals surface area contributed by atoms with Crippen LogP contribution < -0.4 is 5.56 Å². The number of rotatable bonds is 4. The van der Waals surface area contributed by atoms with Crippen LogP contribution in [0.1, 0.15) is 12.5 Å². The third-order valence-corrected chi connectivity index (χ3v) is 4.98. The largest absolute Gasteiger partial charge is 0.506 e. The maximum absolute atomic E-state index is 12.8. The van der Waals surface area contributed by atoms with Crippen LogP contribution in [0.5, 0.6) is 5.75 Å².